The second-order valence-electron chi connectivity index (χ2n) is 4.80. The molecule has 0 atom stereocenters. The first-order valence-electron chi connectivity index (χ1n) is 6.36. The van der Waals surface area contributed by atoms with Crippen LogP contribution in [-0.4, -0.2) is 15.5 Å². The number of anilines is 1. The van der Waals surface area contributed by atoms with E-state index in [9.17, 15) is 8.42 Å². The number of hydrogen-bond acceptors (Lipinski definition) is 4. The van der Waals surface area contributed by atoms with E-state index in [-0.39, 0.29) is 9.56 Å². The lowest BCUT2D eigenvalue weighted by molar-refractivity contribution is 0.470. The Labute approximate surface area is 132 Å². The Bertz CT molecular complexity index is 754. The highest BCUT2D eigenvalue weighted by Crippen LogP contribution is 2.28. The molecule has 0 unspecified atom stereocenters. The van der Waals surface area contributed by atoms with Crippen LogP contribution in [0.3, 0.4) is 0 Å². The molecule has 1 aromatic carbocycles. The summed E-state index contributed by atoms with van der Waals surface area (Å²) in [6.45, 7) is 4.28. The molecule has 2 aromatic rings. The summed E-state index contributed by atoms with van der Waals surface area (Å²) in [4.78, 5) is 0.0905. The van der Waals surface area contributed by atoms with Crippen molar-refractivity contribution in [3.63, 3.8) is 0 Å². The minimum absolute atomic E-state index is 0.0905. The third-order valence-electron chi connectivity index (χ3n) is 2.97. The third-order valence-corrected chi connectivity index (χ3v) is 5.20. The number of aryl methyl sites for hydroxylation is 2. The van der Waals surface area contributed by atoms with Crippen molar-refractivity contribution in [1.29, 1.82) is 0 Å². The van der Waals surface area contributed by atoms with Crippen LogP contribution in [0.15, 0.2) is 38.2 Å². The van der Waals surface area contributed by atoms with Gasteiger partial charge in [0.05, 0.1) is 12.2 Å². The maximum Gasteiger partial charge on any atom is 0.266 e. The fraction of sp³-hybridized carbons (Fsp3) is 0.286. The molecule has 21 heavy (non-hydrogen) atoms. The van der Waals surface area contributed by atoms with Crippen LogP contribution in [-0.2, 0) is 16.6 Å². The van der Waals surface area contributed by atoms with Crippen molar-refractivity contribution in [2.75, 3.05) is 11.8 Å². The summed E-state index contributed by atoms with van der Waals surface area (Å²) in [5.74, 6) is 0.547. The predicted molar refractivity (Wildman–Crippen MR) is 85.9 cm³/mol. The van der Waals surface area contributed by atoms with Crippen molar-refractivity contribution in [2.45, 2.75) is 25.3 Å². The van der Waals surface area contributed by atoms with Crippen LogP contribution >= 0.6 is 15.9 Å². The molecule has 0 bridgehead atoms. The monoisotopic (exact) mass is 372 g/mol. The maximum atomic E-state index is 12.5. The van der Waals surface area contributed by atoms with E-state index in [0.29, 0.717) is 18.0 Å². The van der Waals surface area contributed by atoms with Crippen LogP contribution in [0.5, 0.6) is 0 Å². The standard InChI is InChI=1S/C14H17BrN2O3S/c1-9-4-5-12(10(2)6-9)17-21(18,19)13-7-11(8-16-3)20-14(13)15/h4-7,16-17H,8H2,1-3H3. The molecule has 0 saturated carbocycles. The molecule has 2 rings (SSSR count). The highest BCUT2D eigenvalue weighted by Gasteiger charge is 2.23. The van der Waals surface area contributed by atoms with Gasteiger partial charge in [0.25, 0.3) is 10.0 Å². The minimum atomic E-state index is -3.70. The average Bonchev–Trinajstić information content (AvgIpc) is 2.75. The fourth-order valence-electron chi connectivity index (χ4n) is 1.97. The van der Waals surface area contributed by atoms with Gasteiger partial charge in [-0.05, 0) is 48.5 Å². The zero-order valence-electron chi connectivity index (χ0n) is 12.0. The lowest BCUT2D eigenvalue weighted by Gasteiger charge is -2.10. The third kappa shape index (κ3) is 3.66. The Hall–Kier alpha value is -1.31. The number of rotatable bonds is 5. The first-order valence-corrected chi connectivity index (χ1v) is 8.64. The number of sulfonamides is 1. The average molecular weight is 373 g/mol. The largest absolute Gasteiger partial charge is 0.451 e. The Kier molecular flexibility index (Phi) is 4.75. The van der Waals surface area contributed by atoms with Gasteiger partial charge in [-0.3, -0.25) is 4.72 Å². The Morgan fingerprint density at radius 2 is 1.95 bits per heavy atom. The van der Waals surface area contributed by atoms with E-state index >= 15 is 0 Å². The number of hydrogen-bond donors (Lipinski definition) is 2. The van der Waals surface area contributed by atoms with Crippen molar-refractivity contribution in [1.82, 2.24) is 5.32 Å². The second-order valence-corrected chi connectivity index (χ2v) is 7.18. The van der Waals surface area contributed by atoms with Gasteiger partial charge < -0.3 is 9.73 Å². The quantitative estimate of drug-likeness (QED) is 0.845. The van der Waals surface area contributed by atoms with E-state index in [1.165, 1.54) is 6.07 Å². The molecule has 0 aliphatic carbocycles. The van der Waals surface area contributed by atoms with Crippen LogP contribution in [0.25, 0.3) is 0 Å². The van der Waals surface area contributed by atoms with E-state index in [4.69, 9.17) is 4.42 Å². The van der Waals surface area contributed by atoms with Crippen molar-refractivity contribution in [3.05, 3.63) is 45.8 Å². The van der Waals surface area contributed by atoms with E-state index in [2.05, 4.69) is 26.0 Å². The molecule has 0 aliphatic rings. The fourth-order valence-corrected chi connectivity index (χ4v) is 4.10. The summed E-state index contributed by atoms with van der Waals surface area (Å²) in [7, 11) is -1.93. The van der Waals surface area contributed by atoms with Gasteiger partial charge in [0.15, 0.2) is 4.67 Å². The van der Waals surface area contributed by atoms with Crippen molar-refractivity contribution in [2.24, 2.45) is 0 Å². The summed E-state index contributed by atoms with van der Waals surface area (Å²) >= 11 is 3.15. The molecule has 1 heterocycles. The SMILES string of the molecule is CNCc1cc(S(=O)(=O)Nc2ccc(C)cc2C)c(Br)o1. The second kappa shape index (κ2) is 6.21. The molecule has 0 fully saturated rings. The molecule has 2 N–H and O–H groups in total. The Balaban J connectivity index is 2.34. The van der Waals surface area contributed by atoms with Crippen LogP contribution < -0.4 is 10.0 Å². The first-order chi connectivity index (χ1) is 9.83. The zero-order valence-corrected chi connectivity index (χ0v) is 14.4. The normalized spacial score (nSPS) is 11.6. The van der Waals surface area contributed by atoms with Crippen LogP contribution in [0.4, 0.5) is 5.69 Å². The molecule has 0 aliphatic heterocycles. The van der Waals surface area contributed by atoms with Gasteiger partial charge in [-0.1, -0.05) is 17.7 Å². The van der Waals surface area contributed by atoms with E-state index < -0.39 is 10.0 Å². The molecular formula is C14H17BrN2O3S. The Morgan fingerprint density at radius 3 is 2.57 bits per heavy atom. The summed E-state index contributed by atoms with van der Waals surface area (Å²) in [6.07, 6.45) is 0. The lowest BCUT2D eigenvalue weighted by Crippen LogP contribution is -2.13. The molecule has 0 radical (unpaired) electrons. The topological polar surface area (TPSA) is 71.3 Å². The van der Waals surface area contributed by atoms with Gasteiger partial charge in [0.1, 0.15) is 10.7 Å². The molecule has 1 aromatic heterocycles. The van der Waals surface area contributed by atoms with Gasteiger partial charge in [0, 0.05) is 6.07 Å². The summed E-state index contributed by atoms with van der Waals surface area (Å²) in [5, 5.41) is 2.91. The van der Waals surface area contributed by atoms with Gasteiger partial charge in [-0.15, -0.1) is 0 Å². The number of halogens is 1. The van der Waals surface area contributed by atoms with Crippen LogP contribution in [0.1, 0.15) is 16.9 Å². The summed E-state index contributed by atoms with van der Waals surface area (Å²) in [6, 6.07) is 7.05. The number of furan rings is 1. The van der Waals surface area contributed by atoms with Crippen molar-refractivity contribution >= 4 is 31.6 Å². The predicted octanol–water partition coefficient (Wildman–Crippen LogP) is 3.18. The van der Waals surface area contributed by atoms with Crippen LogP contribution in [0.2, 0.25) is 0 Å². The molecule has 7 heteroatoms. The smallest absolute Gasteiger partial charge is 0.266 e. The highest BCUT2D eigenvalue weighted by molar-refractivity contribution is 9.10. The highest BCUT2D eigenvalue weighted by atomic mass is 79.9. The minimum Gasteiger partial charge on any atom is -0.451 e. The van der Waals surface area contributed by atoms with Crippen LogP contribution in [0, 0.1) is 13.8 Å². The molecule has 0 spiro atoms. The number of benzene rings is 1. The molecule has 114 valence electrons. The van der Waals surface area contributed by atoms with Gasteiger partial charge in [0.2, 0.25) is 0 Å². The van der Waals surface area contributed by atoms with E-state index in [1.807, 2.05) is 26.0 Å². The van der Waals surface area contributed by atoms with E-state index in [1.54, 1.807) is 13.1 Å². The molecule has 5 nitrogen and oxygen atoms in total. The molecular weight excluding hydrogens is 356 g/mol. The first kappa shape index (κ1) is 16.1. The maximum absolute atomic E-state index is 12.5. The van der Waals surface area contributed by atoms with Gasteiger partial charge in [-0.2, -0.15) is 0 Å². The van der Waals surface area contributed by atoms with Crippen molar-refractivity contribution in [3.8, 4) is 0 Å². The zero-order chi connectivity index (χ0) is 15.6. The van der Waals surface area contributed by atoms with Gasteiger partial charge in [-0.25, -0.2) is 8.42 Å². The van der Waals surface area contributed by atoms with E-state index in [0.717, 1.165) is 11.1 Å². The number of nitrogens with one attached hydrogen (secondary N) is 2. The summed E-state index contributed by atoms with van der Waals surface area (Å²) in [5.41, 5.74) is 2.51. The van der Waals surface area contributed by atoms with Gasteiger partial charge >= 0.3 is 0 Å². The lowest BCUT2D eigenvalue weighted by atomic mass is 10.1. The summed E-state index contributed by atoms with van der Waals surface area (Å²) < 4.78 is 33.1. The Morgan fingerprint density at radius 1 is 1.24 bits per heavy atom. The molecule has 0 amide bonds. The molecule has 0 saturated heterocycles. The van der Waals surface area contributed by atoms with Crippen molar-refractivity contribution < 1.29 is 12.8 Å².